The molecule has 2 rings (SSSR count). The first-order chi connectivity index (χ1) is 8.91. The van der Waals surface area contributed by atoms with E-state index in [1.165, 1.54) is 16.2 Å². The molecule has 0 aliphatic rings. The van der Waals surface area contributed by atoms with Gasteiger partial charge in [-0.05, 0) is 17.6 Å². The van der Waals surface area contributed by atoms with E-state index in [1.807, 2.05) is 5.38 Å². The fourth-order valence-electron chi connectivity index (χ4n) is 1.64. The van der Waals surface area contributed by atoms with Gasteiger partial charge in [-0.25, -0.2) is 4.68 Å². The number of ether oxygens (including phenoxy) is 1. The molecule has 0 atom stereocenters. The lowest BCUT2D eigenvalue weighted by Gasteiger charge is -2.18. The summed E-state index contributed by atoms with van der Waals surface area (Å²) in [6.45, 7) is 6.58. The normalized spacial score (nSPS) is 11.6. The molecule has 5 nitrogen and oxygen atoms in total. The molecule has 2 heterocycles. The van der Waals surface area contributed by atoms with Crippen LogP contribution < -0.4 is 10.3 Å². The zero-order chi connectivity index (χ0) is 14.0. The number of rotatable bonds is 3. The molecule has 0 unspecified atom stereocenters. The van der Waals surface area contributed by atoms with Crippen molar-refractivity contribution in [1.29, 1.82) is 0 Å². The average Bonchev–Trinajstić information content (AvgIpc) is 2.77. The molecule has 0 aliphatic heterocycles. The van der Waals surface area contributed by atoms with Crippen LogP contribution in [-0.2, 0) is 12.0 Å². The van der Waals surface area contributed by atoms with Crippen LogP contribution in [0.1, 0.15) is 32.0 Å². The van der Waals surface area contributed by atoms with Crippen molar-refractivity contribution in [2.45, 2.75) is 32.7 Å². The van der Waals surface area contributed by atoms with E-state index in [0.717, 1.165) is 11.3 Å². The Morgan fingerprint density at radius 1 is 1.37 bits per heavy atom. The Labute approximate surface area is 116 Å². The molecule has 0 fully saturated rings. The average molecular weight is 279 g/mol. The van der Waals surface area contributed by atoms with Crippen molar-refractivity contribution in [3.63, 3.8) is 0 Å². The Morgan fingerprint density at radius 3 is 2.74 bits per heavy atom. The number of aromatic nitrogens is 3. The van der Waals surface area contributed by atoms with Gasteiger partial charge in [-0.1, -0.05) is 20.8 Å². The van der Waals surface area contributed by atoms with Crippen LogP contribution in [0.25, 0.3) is 0 Å². The van der Waals surface area contributed by atoms with Crippen LogP contribution in [0.4, 0.5) is 0 Å². The third kappa shape index (κ3) is 3.01. The lowest BCUT2D eigenvalue weighted by atomic mass is 9.92. The van der Waals surface area contributed by atoms with Gasteiger partial charge in [-0.15, -0.1) is 0 Å². The zero-order valence-corrected chi connectivity index (χ0v) is 12.3. The fraction of sp³-hybridized carbons (Fsp3) is 0.462. The third-order valence-electron chi connectivity index (χ3n) is 2.75. The van der Waals surface area contributed by atoms with Crippen molar-refractivity contribution >= 4 is 11.5 Å². The molecular formula is C13H17N3O2S. The van der Waals surface area contributed by atoms with Crippen molar-refractivity contribution in [1.82, 2.24) is 14.2 Å². The van der Waals surface area contributed by atoms with Crippen LogP contribution in [0, 0.1) is 0 Å². The number of nitrogens with zero attached hydrogens (tertiary/aromatic N) is 3. The van der Waals surface area contributed by atoms with Gasteiger partial charge in [0.25, 0.3) is 5.56 Å². The molecule has 0 amide bonds. The maximum atomic E-state index is 11.9. The molecular weight excluding hydrogens is 262 g/mol. The van der Waals surface area contributed by atoms with Crippen molar-refractivity contribution in [2.24, 2.45) is 0 Å². The van der Waals surface area contributed by atoms with Crippen molar-refractivity contribution < 1.29 is 4.74 Å². The Hall–Kier alpha value is -1.69. The monoisotopic (exact) mass is 279 g/mol. The van der Waals surface area contributed by atoms with Crippen LogP contribution in [0.3, 0.4) is 0 Å². The molecule has 0 saturated carbocycles. The summed E-state index contributed by atoms with van der Waals surface area (Å²) in [7, 11) is 1.57. The Morgan fingerprint density at radius 2 is 2.11 bits per heavy atom. The molecule has 0 bridgehead atoms. The SMILES string of the molecule is COc1nscc1Cn1nc(C(C)(C)C)ccc1=O. The highest BCUT2D eigenvalue weighted by Gasteiger charge is 2.17. The number of hydrogen-bond acceptors (Lipinski definition) is 5. The first-order valence-corrected chi connectivity index (χ1v) is 6.81. The van der Waals surface area contributed by atoms with Gasteiger partial charge in [-0.3, -0.25) is 4.79 Å². The molecule has 102 valence electrons. The molecule has 0 N–H and O–H groups in total. The lowest BCUT2D eigenvalue weighted by molar-refractivity contribution is 0.394. The first kappa shape index (κ1) is 13.7. The van der Waals surface area contributed by atoms with Crippen molar-refractivity contribution in [3.8, 4) is 5.88 Å². The van der Waals surface area contributed by atoms with E-state index < -0.39 is 0 Å². The highest BCUT2D eigenvalue weighted by molar-refractivity contribution is 7.03. The Balaban J connectivity index is 2.37. The fourth-order valence-corrected chi connectivity index (χ4v) is 2.29. The van der Waals surface area contributed by atoms with Gasteiger partial charge in [0.05, 0.1) is 19.3 Å². The largest absolute Gasteiger partial charge is 0.480 e. The number of hydrogen-bond donors (Lipinski definition) is 0. The predicted molar refractivity (Wildman–Crippen MR) is 75.0 cm³/mol. The van der Waals surface area contributed by atoms with Crippen LogP contribution >= 0.6 is 11.5 Å². The summed E-state index contributed by atoms with van der Waals surface area (Å²) in [5.41, 5.74) is 1.54. The van der Waals surface area contributed by atoms with Crippen LogP contribution in [0.5, 0.6) is 5.88 Å². The van der Waals surface area contributed by atoms with E-state index in [2.05, 4.69) is 30.2 Å². The van der Waals surface area contributed by atoms with E-state index in [1.54, 1.807) is 19.2 Å². The predicted octanol–water partition coefficient (Wildman–Crippen LogP) is 2.05. The van der Waals surface area contributed by atoms with E-state index in [-0.39, 0.29) is 11.0 Å². The second kappa shape index (κ2) is 5.13. The maximum absolute atomic E-state index is 11.9. The van der Waals surface area contributed by atoms with Crippen LogP contribution in [0.2, 0.25) is 0 Å². The van der Waals surface area contributed by atoms with E-state index >= 15 is 0 Å². The van der Waals surface area contributed by atoms with E-state index in [4.69, 9.17) is 4.74 Å². The summed E-state index contributed by atoms with van der Waals surface area (Å²) in [5, 5.41) is 6.29. The molecule has 0 radical (unpaired) electrons. The lowest BCUT2D eigenvalue weighted by Crippen LogP contribution is -2.27. The van der Waals surface area contributed by atoms with Gasteiger partial charge in [0.2, 0.25) is 5.88 Å². The molecule has 0 spiro atoms. The van der Waals surface area contributed by atoms with Crippen LogP contribution in [0.15, 0.2) is 22.3 Å². The van der Waals surface area contributed by atoms with Crippen molar-refractivity contribution in [2.75, 3.05) is 7.11 Å². The highest BCUT2D eigenvalue weighted by atomic mass is 32.1. The van der Waals surface area contributed by atoms with Gasteiger partial charge in [0.15, 0.2) is 0 Å². The first-order valence-electron chi connectivity index (χ1n) is 5.97. The summed E-state index contributed by atoms with van der Waals surface area (Å²) in [6.07, 6.45) is 0. The second-order valence-corrected chi connectivity index (χ2v) is 5.94. The molecule has 2 aromatic rings. The van der Waals surface area contributed by atoms with Gasteiger partial charge < -0.3 is 4.74 Å². The summed E-state index contributed by atoms with van der Waals surface area (Å²) in [6, 6.07) is 3.34. The smallest absolute Gasteiger partial charge is 0.267 e. The Kier molecular flexibility index (Phi) is 3.71. The van der Waals surface area contributed by atoms with Crippen LogP contribution in [-0.4, -0.2) is 21.3 Å². The molecule has 2 aromatic heterocycles. The van der Waals surface area contributed by atoms with Gasteiger partial charge in [0.1, 0.15) is 0 Å². The van der Waals surface area contributed by atoms with Crippen molar-refractivity contribution in [3.05, 3.63) is 39.1 Å². The van der Waals surface area contributed by atoms with E-state index in [0.29, 0.717) is 12.4 Å². The third-order valence-corrected chi connectivity index (χ3v) is 3.41. The standard InChI is InChI=1S/C13H17N3O2S/c1-13(2,3)10-5-6-11(17)16(14-10)7-9-8-19-15-12(9)18-4/h5-6,8H,7H2,1-4H3. The summed E-state index contributed by atoms with van der Waals surface area (Å²) >= 11 is 1.31. The molecule has 6 heteroatoms. The quantitative estimate of drug-likeness (QED) is 0.863. The van der Waals surface area contributed by atoms with Gasteiger partial charge >= 0.3 is 0 Å². The highest BCUT2D eigenvalue weighted by Crippen LogP contribution is 2.20. The zero-order valence-electron chi connectivity index (χ0n) is 11.5. The molecule has 0 aliphatic carbocycles. The van der Waals surface area contributed by atoms with E-state index in [9.17, 15) is 4.79 Å². The van der Waals surface area contributed by atoms with Gasteiger partial charge in [0, 0.05) is 22.4 Å². The maximum Gasteiger partial charge on any atom is 0.267 e. The minimum absolute atomic E-state index is 0.0908. The molecule has 19 heavy (non-hydrogen) atoms. The minimum atomic E-state index is -0.124. The number of methoxy groups -OCH3 is 1. The summed E-state index contributed by atoms with van der Waals surface area (Å²) in [5.74, 6) is 0.555. The second-order valence-electron chi connectivity index (χ2n) is 5.31. The summed E-state index contributed by atoms with van der Waals surface area (Å²) < 4.78 is 10.7. The topological polar surface area (TPSA) is 57.0 Å². The minimum Gasteiger partial charge on any atom is -0.480 e. The molecule has 0 aromatic carbocycles. The Bertz CT molecular complexity index is 625. The molecule has 0 saturated heterocycles. The summed E-state index contributed by atoms with van der Waals surface area (Å²) in [4.78, 5) is 11.9. The van der Waals surface area contributed by atoms with Gasteiger partial charge in [-0.2, -0.15) is 9.47 Å².